The van der Waals surface area contributed by atoms with Gasteiger partial charge in [0.05, 0.1) is 16.7 Å². The van der Waals surface area contributed by atoms with Gasteiger partial charge in [-0.2, -0.15) is 13.2 Å². The first-order chi connectivity index (χ1) is 18.4. The summed E-state index contributed by atoms with van der Waals surface area (Å²) in [5.41, 5.74) is 8.83. The molecule has 4 rings (SSSR count). The number of hydrogen-bond donors (Lipinski definition) is 3. The number of nitrogens with one attached hydrogen (secondary N) is 2. The van der Waals surface area contributed by atoms with E-state index in [-0.39, 0.29) is 29.5 Å². The maximum atomic E-state index is 13.7. The molecule has 0 bridgehead atoms. The number of aliphatic imine (C=N–C) groups is 1. The number of aryl methyl sites for hydroxylation is 2. The number of alkyl halides is 3. The number of amides is 1. The molecule has 1 aliphatic heterocycles. The Morgan fingerprint density at radius 1 is 1.18 bits per heavy atom. The zero-order chi connectivity index (χ0) is 28.5. The van der Waals surface area contributed by atoms with Gasteiger partial charge in [-0.1, -0.05) is 24.0 Å². The molecule has 0 saturated carbocycles. The fourth-order valence-corrected chi connectivity index (χ4v) is 4.45. The standard InChI is InChI=1S/C29H31F3N6O/c1-6-38-16-22(25-26(33)34-18(3)35-27(25)38)10-9-19-13-20(8-7-17(19)2)28(39)36-23-12-11-21(15-37(4)5)24(14-23)29(30,31)32/h7-8,11-14,16,18,35H,6,15H2,1-5H3,(H2,33,34)(H,36,39). The molecule has 0 spiro atoms. The number of nitrogens with two attached hydrogens (primary N) is 1. The number of benzene rings is 2. The van der Waals surface area contributed by atoms with Gasteiger partial charge in [0.15, 0.2) is 0 Å². The van der Waals surface area contributed by atoms with Crippen LogP contribution in [0, 0.1) is 18.8 Å². The quantitative estimate of drug-likeness (QED) is 0.400. The van der Waals surface area contributed by atoms with Crippen LogP contribution >= 0.6 is 0 Å². The molecule has 39 heavy (non-hydrogen) atoms. The van der Waals surface area contributed by atoms with E-state index in [0.29, 0.717) is 17.0 Å². The van der Waals surface area contributed by atoms with Crippen molar-refractivity contribution in [3.8, 4) is 11.8 Å². The van der Waals surface area contributed by atoms with E-state index < -0.39 is 17.6 Å². The molecule has 4 N–H and O–H groups in total. The summed E-state index contributed by atoms with van der Waals surface area (Å²) in [6, 6.07) is 8.83. The largest absolute Gasteiger partial charge is 0.416 e. The minimum atomic E-state index is -4.55. The molecule has 10 heteroatoms. The Labute approximate surface area is 225 Å². The first kappa shape index (κ1) is 27.8. The molecule has 0 aliphatic carbocycles. The van der Waals surface area contributed by atoms with Gasteiger partial charge in [0.2, 0.25) is 0 Å². The van der Waals surface area contributed by atoms with Gasteiger partial charge in [-0.3, -0.25) is 4.79 Å². The third-order valence-corrected chi connectivity index (χ3v) is 6.34. The summed E-state index contributed by atoms with van der Waals surface area (Å²) >= 11 is 0. The number of carbonyl (C=O) groups is 1. The molecule has 1 aromatic heterocycles. The minimum absolute atomic E-state index is 0.0621. The van der Waals surface area contributed by atoms with Crippen LogP contribution in [-0.2, 0) is 19.3 Å². The van der Waals surface area contributed by atoms with Crippen LogP contribution in [0.25, 0.3) is 0 Å². The van der Waals surface area contributed by atoms with Gasteiger partial charge in [-0.25, -0.2) is 4.99 Å². The Hall–Kier alpha value is -4.23. The minimum Gasteiger partial charge on any atom is -0.383 e. The predicted molar refractivity (Wildman–Crippen MR) is 148 cm³/mol. The van der Waals surface area contributed by atoms with Crippen molar-refractivity contribution in [1.82, 2.24) is 9.47 Å². The molecule has 1 amide bonds. The number of aromatic nitrogens is 1. The van der Waals surface area contributed by atoms with E-state index in [1.165, 1.54) is 12.1 Å². The number of anilines is 2. The fraction of sp³-hybridized carbons (Fsp3) is 0.310. The van der Waals surface area contributed by atoms with Crippen LogP contribution in [0.15, 0.2) is 47.6 Å². The number of fused-ring (bicyclic) bond motifs is 1. The monoisotopic (exact) mass is 536 g/mol. The average Bonchev–Trinajstić information content (AvgIpc) is 3.21. The van der Waals surface area contributed by atoms with Gasteiger partial charge in [0.25, 0.3) is 5.91 Å². The lowest BCUT2D eigenvalue weighted by Gasteiger charge is -2.20. The van der Waals surface area contributed by atoms with Crippen LogP contribution in [-0.4, -0.2) is 41.5 Å². The van der Waals surface area contributed by atoms with Gasteiger partial charge >= 0.3 is 6.18 Å². The molecular weight excluding hydrogens is 505 g/mol. The van der Waals surface area contributed by atoms with Crippen LogP contribution in [0.4, 0.5) is 24.7 Å². The van der Waals surface area contributed by atoms with Gasteiger partial charge < -0.3 is 25.8 Å². The summed E-state index contributed by atoms with van der Waals surface area (Å²) < 4.78 is 43.0. The molecule has 3 aromatic rings. The molecule has 0 radical (unpaired) electrons. The van der Waals surface area contributed by atoms with Crippen molar-refractivity contribution in [2.45, 2.75) is 46.2 Å². The Balaban J connectivity index is 1.62. The van der Waals surface area contributed by atoms with Crippen molar-refractivity contribution in [3.05, 3.63) is 81.5 Å². The third kappa shape index (κ3) is 6.10. The van der Waals surface area contributed by atoms with E-state index in [0.717, 1.165) is 29.6 Å². The highest BCUT2D eigenvalue weighted by molar-refractivity contribution is 6.06. The number of nitrogens with zero attached hydrogens (tertiary/aromatic N) is 3. The first-order valence-electron chi connectivity index (χ1n) is 12.5. The second-order valence-electron chi connectivity index (χ2n) is 9.73. The van der Waals surface area contributed by atoms with Crippen LogP contribution in [0.1, 0.15) is 57.6 Å². The van der Waals surface area contributed by atoms with Crippen molar-refractivity contribution in [1.29, 1.82) is 0 Å². The molecule has 204 valence electrons. The Bertz CT molecular complexity index is 1510. The summed E-state index contributed by atoms with van der Waals surface area (Å²) in [5.74, 6) is 7.03. The van der Waals surface area contributed by atoms with Crippen molar-refractivity contribution in [3.63, 3.8) is 0 Å². The van der Waals surface area contributed by atoms with Gasteiger partial charge in [-0.05, 0) is 70.3 Å². The lowest BCUT2D eigenvalue weighted by molar-refractivity contribution is -0.138. The van der Waals surface area contributed by atoms with Crippen molar-refractivity contribution in [2.75, 3.05) is 24.7 Å². The molecule has 7 nitrogen and oxygen atoms in total. The Morgan fingerprint density at radius 3 is 2.56 bits per heavy atom. The highest BCUT2D eigenvalue weighted by Gasteiger charge is 2.33. The van der Waals surface area contributed by atoms with Crippen LogP contribution in [0.2, 0.25) is 0 Å². The maximum absolute atomic E-state index is 13.7. The zero-order valence-corrected chi connectivity index (χ0v) is 22.5. The van der Waals surface area contributed by atoms with E-state index in [1.807, 2.05) is 31.5 Å². The molecular formula is C29H31F3N6O. The Morgan fingerprint density at radius 2 is 1.90 bits per heavy atom. The van der Waals surface area contributed by atoms with E-state index in [4.69, 9.17) is 5.73 Å². The molecule has 1 aliphatic rings. The molecule has 2 aromatic carbocycles. The lowest BCUT2D eigenvalue weighted by Crippen LogP contribution is -2.29. The van der Waals surface area contributed by atoms with Crippen LogP contribution in [0.3, 0.4) is 0 Å². The maximum Gasteiger partial charge on any atom is 0.416 e. The number of hydrogen-bond acceptors (Lipinski definition) is 5. The van der Waals surface area contributed by atoms with Gasteiger partial charge in [-0.15, -0.1) is 0 Å². The summed E-state index contributed by atoms with van der Waals surface area (Å²) in [6.07, 6.45) is -2.78. The van der Waals surface area contributed by atoms with E-state index in [1.54, 1.807) is 37.2 Å². The van der Waals surface area contributed by atoms with Crippen molar-refractivity contribution in [2.24, 2.45) is 10.7 Å². The van der Waals surface area contributed by atoms with E-state index in [9.17, 15) is 18.0 Å². The van der Waals surface area contributed by atoms with Gasteiger partial charge in [0, 0.05) is 36.1 Å². The Kier molecular flexibility index (Phi) is 7.74. The molecule has 1 unspecified atom stereocenters. The SMILES string of the molecule is CCn1cc(C#Cc2cc(C(=O)Nc3ccc(CN(C)C)c(C(F)(F)F)c3)ccc2C)c2c1NC(C)N=C2N. The first-order valence-corrected chi connectivity index (χ1v) is 12.5. The summed E-state index contributed by atoms with van der Waals surface area (Å²) in [7, 11) is 3.39. The van der Waals surface area contributed by atoms with Crippen molar-refractivity contribution < 1.29 is 18.0 Å². The number of halogens is 3. The number of amidine groups is 1. The highest BCUT2D eigenvalue weighted by Crippen LogP contribution is 2.34. The second-order valence-corrected chi connectivity index (χ2v) is 9.73. The molecule has 1 atom stereocenters. The molecule has 2 heterocycles. The number of rotatable bonds is 5. The molecule has 0 saturated heterocycles. The van der Waals surface area contributed by atoms with Gasteiger partial charge in [0.1, 0.15) is 17.8 Å². The normalized spacial score (nSPS) is 14.7. The van der Waals surface area contributed by atoms with Crippen molar-refractivity contribution >= 4 is 23.2 Å². The topological polar surface area (TPSA) is 87.7 Å². The summed E-state index contributed by atoms with van der Waals surface area (Å²) in [4.78, 5) is 19.0. The molecule has 0 fully saturated rings. The van der Waals surface area contributed by atoms with Crippen LogP contribution in [0.5, 0.6) is 0 Å². The smallest absolute Gasteiger partial charge is 0.383 e. The third-order valence-electron chi connectivity index (χ3n) is 6.34. The fourth-order valence-electron chi connectivity index (χ4n) is 4.45. The second kappa shape index (κ2) is 10.9. The lowest BCUT2D eigenvalue weighted by atomic mass is 10.0. The zero-order valence-electron chi connectivity index (χ0n) is 22.5. The van der Waals surface area contributed by atoms with Crippen LogP contribution < -0.4 is 16.4 Å². The average molecular weight is 537 g/mol. The number of carbonyl (C=O) groups excluding carboxylic acids is 1. The van der Waals surface area contributed by atoms with E-state index in [2.05, 4.69) is 27.5 Å². The summed E-state index contributed by atoms with van der Waals surface area (Å²) in [5, 5.41) is 5.90. The van der Waals surface area contributed by atoms with E-state index >= 15 is 0 Å². The summed E-state index contributed by atoms with van der Waals surface area (Å²) in [6.45, 7) is 6.65. The highest BCUT2D eigenvalue weighted by atomic mass is 19.4. The predicted octanol–water partition coefficient (Wildman–Crippen LogP) is 5.03.